The maximum atomic E-state index is 13.8. The number of aromatic amines is 1. The third kappa shape index (κ3) is 6.60. The molecular formula is C23H30ClN6O8P. The number of nitrogen functional groups attached to an aromatic ring is 1. The van der Waals surface area contributed by atoms with Gasteiger partial charge < -0.3 is 24.8 Å². The number of rotatable bonds is 10. The summed E-state index contributed by atoms with van der Waals surface area (Å²) in [7, 11) is -4.22. The van der Waals surface area contributed by atoms with Crippen LogP contribution < -0.4 is 20.9 Å². The molecule has 0 spiro atoms. The topological polar surface area (TPSA) is 192 Å². The standard InChI is InChI=1S/C23H30ClN6O8P/c1-11(2)36-22(33)13(4)29-39(34,38-15-7-5-14(24)6-8-15)35-10-17-18(31)12(3)19(37-17)20-26-9-16-21(32)27-23(25)28-30(16)20/h5-9,11-13,17-19,31H,10H2,1-4H3,(H,29,34)(H3,25,27,28,32)/t12-,13-,17+,18-,19+,39?/m0/s1. The average Bonchev–Trinajstić information content (AvgIpc) is 3.39. The van der Waals surface area contributed by atoms with Gasteiger partial charge in [-0.2, -0.15) is 5.09 Å². The normalized spacial score (nSPS) is 23.6. The molecule has 0 aliphatic carbocycles. The third-order valence-electron chi connectivity index (χ3n) is 5.92. The summed E-state index contributed by atoms with van der Waals surface area (Å²) in [6.07, 6.45) is -1.91. The number of hydrogen-bond donors (Lipinski definition) is 4. The van der Waals surface area contributed by atoms with Gasteiger partial charge in [0.25, 0.3) is 5.56 Å². The number of H-pyrrole nitrogens is 1. The number of nitrogens with two attached hydrogens (primary N) is 1. The van der Waals surface area contributed by atoms with Crippen LogP contribution in [0.4, 0.5) is 5.95 Å². The van der Waals surface area contributed by atoms with Crippen LogP contribution in [0.2, 0.25) is 5.02 Å². The van der Waals surface area contributed by atoms with Crippen LogP contribution >= 0.6 is 19.3 Å². The highest BCUT2D eigenvalue weighted by Crippen LogP contribution is 2.47. The highest BCUT2D eigenvalue weighted by molar-refractivity contribution is 7.52. The van der Waals surface area contributed by atoms with Gasteiger partial charge in [-0.05, 0) is 45.0 Å². The highest BCUT2D eigenvalue weighted by atomic mass is 35.5. The van der Waals surface area contributed by atoms with Gasteiger partial charge in [-0.15, -0.1) is 5.10 Å². The van der Waals surface area contributed by atoms with Gasteiger partial charge in [-0.1, -0.05) is 18.5 Å². The molecule has 0 bridgehead atoms. The Morgan fingerprint density at radius 3 is 2.69 bits per heavy atom. The fourth-order valence-corrected chi connectivity index (χ4v) is 5.62. The van der Waals surface area contributed by atoms with Gasteiger partial charge in [0, 0.05) is 10.9 Å². The van der Waals surface area contributed by atoms with Gasteiger partial charge in [0.15, 0.2) is 11.3 Å². The van der Waals surface area contributed by atoms with Crippen molar-refractivity contribution in [1.82, 2.24) is 24.7 Å². The number of fused-ring (bicyclic) bond motifs is 1. The second kappa shape index (κ2) is 11.6. The summed E-state index contributed by atoms with van der Waals surface area (Å²) in [4.78, 5) is 31.2. The predicted molar refractivity (Wildman–Crippen MR) is 140 cm³/mol. The predicted octanol–water partition coefficient (Wildman–Crippen LogP) is 2.22. The molecule has 16 heteroatoms. The van der Waals surface area contributed by atoms with E-state index in [1.807, 2.05) is 0 Å². The van der Waals surface area contributed by atoms with Crippen molar-refractivity contribution in [3.05, 3.63) is 51.7 Å². The Kier molecular flexibility index (Phi) is 8.64. The number of nitrogens with one attached hydrogen (secondary N) is 2. The zero-order valence-corrected chi connectivity index (χ0v) is 23.3. The minimum atomic E-state index is -4.22. The minimum absolute atomic E-state index is 0.116. The van der Waals surface area contributed by atoms with Crippen molar-refractivity contribution in [2.75, 3.05) is 12.3 Å². The van der Waals surface area contributed by atoms with Crippen molar-refractivity contribution in [1.29, 1.82) is 0 Å². The molecule has 1 fully saturated rings. The van der Waals surface area contributed by atoms with Crippen LogP contribution in [0.3, 0.4) is 0 Å². The largest absolute Gasteiger partial charge is 0.462 e. The van der Waals surface area contributed by atoms with Crippen LogP contribution in [-0.4, -0.2) is 61.6 Å². The van der Waals surface area contributed by atoms with Crippen LogP contribution in [0.25, 0.3) is 5.52 Å². The number of aromatic nitrogens is 4. The first-order valence-corrected chi connectivity index (χ1v) is 14.0. The molecule has 1 saturated heterocycles. The van der Waals surface area contributed by atoms with Crippen LogP contribution in [0.5, 0.6) is 5.75 Å². The number of aliphatic hydroxyl groups excluding tert-OH is 1. The van der Waals surface area contributed by atoms with Crippen molar-refractivity contribution in [2.45, 2.75) is 58.2 Å². The lowest BCUT2D eigenvalue weighted by Gasteiger charge is -2.25. The number of aliphatic hydroxyl groups is 1. The maximum absolute atomic E-state index is 13.8. The van der Waals surface area contributed by atoms with Crippen LogP contribution in [0, 0.1) is 5.92 Å². The first kappa shape index (κ1) is 29.0. The van der Waals surface area contributed by atoms with E-state index in [2.05, 4.69) is 20.2 Å². The summed E-state index contributed by atoms with van der Waals surface area (Å²) in [6, 6.07) is 4.99. The monoisotopic (exact) mass is 584 g/mol. The maximum Gasteiger partial charge on any atom is 0.459 e. The molecule has 3 heterocycles. The molecule has 2 aromatic heterocycles. The van der Waals surface area contributed by atoms with Gasteiger partial charge in [-0.25, -0.2) is 14.1 Å². The Labute approximate surface area is 228 Å². The number of carbonyl (C=O) groups excluding carboxylic acids is 1. The van der Waals surface area contributed by atoms with E-state index in [0.29, 0.717) is 5.02 Å². The van der Waals surface area contributed by atoms with Gasteiger partial charge in [0.1, 0.15) is 24.0 Å². The van der Waals surface area contributed by atoms with E-state index < -0.39 is 49.5 Å². The van der Waals surface area contributed by atoms with Gasteiger partial charge >= 0.3 is 13.7 Å². The molecule has 1 aromatic carbocycles. The molecule has 6 atom stereocenters. The first-order chi connectivity index (χ1) is 18.4. The molecule has 3 aromatic rings. The van der Waals surface area contributed by atoms with Crippen molar-refractivity contribution >= 4 is 36.8 Å². The van der Waals surface area contributed by atoms with E-state index in [1.54, 1.807) is 20.8 Å². The number of anilines is 1. The van der Waals surface area contributed by atoms with Gasteiger partial charge in [0.05, 0.1) is 25.0 Å². The summed E-state index contributed by atoms with van der Waals surface area (Å²) in [5.74, 6) is -0.880. The van der Waals surface area contributed by atoms with Crippen molar-refractivity contribution < 1.29 is 33.0 Å². The lowest BCUT2D eigenvalue weighted by molar-refractivity contribution is -0.149. The fourth-order valence-electron chi connectivity index (χ4n) is 3.99. The van der Waals surface area contributed by atoms with E-state index in [-0.39, 0.29) is 35.7 Å². The summed E-state index contributed by atoms with van der Waals surface area (Å²) in [6.45, 7) is 6.16. The van der Waals surface area contributed by atoms with Crippen molar-refractivity contribution in [2.24, 2.45) is 5.92 Å². The van der Waals surface area contributed by atoms with E-state index in [9.17, 15) is 19.3 Å². The lowest BCUT2D eigenvalue weighted by atomic mass is 9.98. The number of hydrogen-bond acceptors (Lipinski definition) is 11. The zero-order chi connectivity index (χ0) is 28.5. The van der Waals surface area contributed by atoms with E-state index in [0.717, 1.165) is 0 Å². The van der Waals surface area contributed by atoms with E-state index >= 15 is 0 Å². The first-order valence-electron chi connectivity index (χ1n) is 12.1. The van der Waals surface area contributed by atoms with Gasteiger partial charge in [-0.3, -0.25) is 19.1 Å². The number of ether oxygens (including phenoxy) is 2. The molecule has 0 radical (unpaired) electrons. The Bertz CT molecular complexity index is 1430. The van der Waals surface area contributed by atoms with Crippen molar-refractivity contribution in [3.63, 3.8) is 0 Å². The summed E-state index contributed by atoms with van der Waals surface area (Å²) in [5, 5.41) is 18.0. The molecule has 0 amide bonds. The number of benzene rings is 1. The molecule has 0 saturated carbocycles. The minimum Gasteiger partial charge on any atom is -0.462 e. The molecule has 1 aliphatic rings. The van der Waals surface area contributed by atoms with Crippen LogP contribution in [0.1, 0.15) is 39.6 Å². The number of nitrogens with zero attached hydrogens (tertiary/aromatic N) is 3. The molecule has 4 rings (SSSR count). The quantitative estimate of drug-likeness (QED) is 0.201. The van der Waals surface area contributed by atoms with Gasteiger partial charge in [0.2, 0.25) is 5.95 Å². The average molecular weight is 585 g/mol. The summed E-state index contributed by atoms with van der Waals surface area (Å²) >= 11 is 5.93. The summed E-state index contributed by atoms with van der Waals surface area (Å²) < 4.78 is 37.5. The molecule has 1 unspecified atom stereocenters. The number of carbonyl (C=O) groups is 1. The van der Waals surface area contributed by atoms with E-state index in [4.69, 9.17) is 35.9 Å². The molecule has 39 heavy (non-hydrogen) atoms. The Balaban J connectivity index is 1.53. The zero-order valence-electron chi connectivity index (χ0n) is 21.6. The SMILES string of the molecule is CC(C)OC(=O)[C@H](C)NP(=O)(OC[C@H]1O[C@@H](c2ncc3c(=O)[nH]c(N)nn23)[C@@H](C)[C@@H]1O)Oc1ccc(Cl)cc1. The molecule has 212 valence electrons. The summed E-state index contributed by atoms with van der Waals surface area (Å²) in [5.41, 5.74) is 5.34. The molecule has 1 aliphatic heterocycles. The number of esters is 1. The van der Waals surface area contributed by atoms with Crippen molar-refractivity contribution in [3.8, 4) is 5.75 Å². The van der Waals surface area contributed by atoms with Crippen LogP contribution in [-0.2, 0) is 23.4 Å². The smallest absolute Gasteiger partial charge is 0.459 e. The Morgan fingerprint density at radius 1 is 1.33 bits per heavy atom. The Hall–Kier alpha value is -3.00. The molecule has 14 nitrogen and oxygen atoms in total. The van der Waals surface area contributed by atoms with Crippen LogP contribution in [0.15, 0.2) is 35.3 Å². The Morgan fingerprint density at radius 2 is 2.03 bits per heavy atom. The number of halogens is 1. The second-order valence-electron chi connectivity index (χ2n) is 9.37. The molecular weight excluding hydrogens is 555 g/mol. The lowest BCUT2D eigenvalue weighted by Crippen LogP contribution is -2.37. The number of imidazole rings is 1. The molecule has 5 N–H and O–H groups in total. The second-order valence-corrected chi connectivity index (χ2v) is 11.5. The fraction of sp³-hybridized carbons (Fsp3) is 0.478. The highest BCUT2D eigenvalue weighted by Gasteiger charge is 2.45. The van der Waals surface area contributed by atoms with E-state index in [1.165, 1.54) is 41.9 Å². The third-order valence-corrected chi connectivity index (χ3v) is 7.82.